The Bertz CT molecular complexity index is 809. The monoisotopic (exact) mass is 303 g/mol. The number of fused-ring (bicyclic) bond motifs is 1. The Morgan fingerprint density at radius 1 is 1.43 bits per heavy atom. The van der Waals surface area contributed by atoms with Crippen molar-refractivity contribution in [2.75, 3.05) is 5.73 Å². The number of rotatable bonds is 1. The summed E-state index contributed by atoms with van der Waals surface area (Å²) in [6, 6.07) is 5.04. The van der Waals surface area contributed by atoms with Gasteiger partial charge >= 0.3 is 0 Å². The fraction of sp³-hybridized carbons (Fsp3) is 0.200. The molecule has 2 aromatic rings. The molecule has 6 heteroatoms. The molecule has 5 nitrogen and oxygen atoms in total. The van der Waals surface area contributed by atoms with Gasteiger partial charge in [0.15, 0.2) is 0 Å². The minimum Gasteiger partial charge on any atom is -0.481 e. The third-order valence-corrected chi connectivity index (χ3v) is 3.35. The molecule has 3 heterocycles. The lowest BCUT2D eigenvalue weighted by Gasteiger charge is -2.30. The number of nitrogen functional groups attached to an aromatic ring is 1. The molecule has 0 saturated carbocycles. The number of pyridine rings is 2. The van der Waals surface area contributed by atoms with E-state index in [4.69, 9.17) is 22.1 Å². The van der Waals surface area contributed by atoms with Crippen LogP contribution in [0.25, 0.3) is 5.70 Å². The van der Waals surface area contributed by atoms with Gasteiger partial charge in [-0.15, -0.1) is 0 Å². The molecule has 0 radical (unpaired) electrons. The maximum atomic E-state index is 12.3. The van der Waals surface area contributed by atoms with Gasteiger partial charge in [-0.2, -0.15) is 0 Å². The van der Waals surface area contributed by atoms with E-state index in [1.54, 1.807) is 12.3 Å². The normalized spacial score (nSPS) is 15.9. The largest absolute Gasteiger partial charge is 0.481 e. The van der Waals surface area contributed by atoms with E-state index in [0.29, 0.717) is 22.2 Å². The molecule has 0 aromatic carbocycles. The molecule has 0 saturated heterocycles. The van der Waals surface area contributed by atoms with Gasteiger partial charge in [0.2, 0.25) is 0 Å². The lowest BCUT2D eigenvalue weighted by atomic mass is 10.0. The van der Waals surface area contributed by atoms with Crippen molar-refractivity contribution in [3.63, 3.8) is 0 Å². The Hall–Kier alpha value is -2.27. The fourth-order valence-electron chi connectivity index (χ4n) is 2.31. The number of halogens is 1. The van der Waals surface area contributed by atoms with Crippen molar-refractivity contribution in [1.82, 2.24) is 9.55 Å². The second-order valence-electron chi connectivity index (χ2n) is 5.37. The Balaban J connectivity index is 2.30. The summed E-state index contributed by atoms with van der Waals surface area (Å²) in [6.45, 7) is 3.81. The van der Waals surface area contributed by atoms with E-state index in [1.165, 1.54) is 16.8 Å². The molecule has 0 bridgehead atoms. The van der Waals surface area contributed by atoms with Gasteiger partial charge in [0, 0.05) is 12.4 Å². The number of hydrogen-bond donors (Lipinski definition) is 1. The average Bonchev–Trinajstić information content (AvgIpc) is 2.41. The topological polar surface area (TPSA) is 70.1 Å². The molecule has 2 aromatic heterocycles. The maximum Gasteiger partial charge on any atom is 0.278 e. The Labute approximate surface area is 126 Å². The van der Waals surface area contributed by atoms with Crippen LogP contribution in [0.5, 0.6) is 5.75 Å². The van der Waals surface area contributed by atoms with Crippen molar-refractivity contribution in [1.29, 1.82) is 0 Å². The minimum absolute atomic E-state index is 0.0881. The summed E-state index contributed by atoms with van der Waals surface area (Å²) in [6.07, 6.45) is 5.01. The average molecular weight is 304 g/mol. The van der Waals surface area contributed by atoms with Gasteiger partial charge in [0.05, 0.1) is 16.4 Å². The molecule has 0 amide bonds. The summed E-state index contributed by atoms with van der Waals surface area (Å²) in [5.41, 5.74) is 6.10. The molecule has 0 unspecified atom stereocenters. The molecular weight excluding hydrogens is 290 g/mol. The standard InChI is InChI=1S/C15H14ClN3O2/c1-15(2)7-11(13-12(21-15)4-3-5-18-13)19-8-9(16)6-10(17)14(19)20/h3-8H,17H2,1-2H3. The molecular formula is C15H14ClN3O2. The van der Waals surface area contributed by atoms with Gasteiger partial charge in [-0.25, -0.2) is 0 Å². The first-order chi connectivity index (χ1) is 9.87. The lowest BCUT2D eigenvalue weighted by Crippen LogP contribution is -2.33. The quantitative estimate of drug-likeness (QED) is 0.879. The molecule has 108 valence electrons. The highest BCUT2D eigenvalue weighted by atomic mass is 35.5. The van der Waals surface area contributed by atoms with E-state index in [2.05, 4.69) is 4.98 Å². The van der Waals surface area contributed by atoms with Gasteiger partial charge in [-0.3, -0.25) is 14.3 Å². The van der Waals surface area contributed by atoms with Crippen LogP contribution in [0.3, 0.4) is 0 Å². The van der Waals surface area contributed by atoms with Crippen LogP contribution in [-0.2, 0) is 0 Å². The number of anilines is 1. The Kier molecular flexibility index (Phi) is 3.02. The molecule has 0 fully saturated rings. The fourth-order valence-corrected chi connectivity index (χ4v) is 2.52. The molecule has 21 heavy (non-hydrogen) atoms. The summed E-state index contributed by atoms with van der Waals surface area (Å²) >= 11 is 6.02. The second-order valence-corrected chi connectivity index (χ2v) is 5.81. The zero-order valence-electron chi connectivity index (χ0n) is 11.6. The summed E-state index contributed by atoms with van der Waals surface area (Å²) in [7, 11) is 0. The first-order valence-corrected chi connectivity index (χ1v) is 6.80. The molecule has 0 aliphatic carbocycles. The lowest BCUT2D eigenvalue weighted by molar-refractivity contribution is 0.156. The van der Waals surface area contributed by atoms with E-state index in [0.717, 1.165) is 0 Å². The SMILES string of the molecule is CC1(C)C=C(n2cc(Cl)cc(N)c2=O)c2ncccc2O1. The number of hydrogen-bond acceptors (Lipinski definition) is 4. The summed E-state index contributed by atoms with van der Waals surface area (Å²) in [4.78, 5) is 16.6. The molecule has 0 atom stereocenters. The van der Waals surface area contributed by atoms with Crippen molar-refractivity contribution in [2.24, 2.45) is 0 Å². The number of nitrogens with zero attached hydrogens (tertiary/aromatic N) is 2. The van der Waals surface area contributed by atoms with Crippen molar-refractivity contribution < 1.29 is 4.74 Å². The third kappa shape index (κ3) is 2.40. The van der Waals surface area contributed by atoms with Gasteiger partial charge in [0.25, 0.3) is 5.56 Å². The Morgan fingerprint density at radius 2 is 2.19 bits per heavy atom. The maximum absolute atomic E-state index is 12.3. The first-order valence-electron chi connectivity index (χ1n) is 6.43. The zero-order valence-corrected chi connectivity index (χ0v) is 12.4. The van der Waals surface area contributed by atoms with Crippen LogP contribution in [0.1, 0.15) is 19.5 Å². The molecule has 2 N–H and O–H groups in total. The van der Waals surface area contributed by atoms with Gasteiger partial charge in [0.1, 0.15) is 17.0 Å². The van der Waals surface area contributed by atoms with E-state index in [1.807, 2.05) is 26.0 Å². The van der Waals surface area contributed by atoms with E-state index in [-0.39, 0.29) is 11.2 Å². The van der Waals surface area contributed by atoms with Crippen LogP contribution < -0.4 is 16.0 Å². The molecule has 1 aliphatic rings. The van der Waals surface area contributed by atoms with Crippen LogP contribution in [0.15, 0.2) is 41.5 Å². The van der Waals surface area contributed by atoms with Crippen LogP contribution in [-0.4, -0.2) is 15.2 Å². The van der Waals surface area contributed by atoms with E-state index < -0.39 is 5.60 Å². The van der Waals surface area contributed by atoms with Gasteiger partial charge in [-0.05, 0) is 38.1 Å². The number of aromatic nitrogens is 2. The Morgan fingerprint density at radius 3 is 2.95 bits per heavy atom. The van der Waals surface area contributed by atoms with E-state index in [9.17, 15) is 4.79 Å². The zero-order chi connectivity index (χ0) is 15.2. The highest BCUT2D eigenvalue weighted by Gasteiger charge is 2.28. The summed E-state index contributed by atoms with van der Waals surface area (Å²) in [5.74, 6) is 0.616. The number of nitrogens with two attached hydrogens (primary N) is 1. The van der Waals surface area contributed by atoms with Crippen molar-refractivity contribution in [2.45, 2.75) is 19.4 Å². The molecule has 3 rings (SSSR count). The third-order valence-electron chi connectivity index (χ3n) is 3.14. The molecule has 1 aliphatic heterocycles. The summed E-state index contributed by atoms with van der Waals surface area (Å²) < 4.78 is 7.26. The van der Waals surface area contributed by atoms with Crippen LogP contribution in [0.4, 0.5) is 5.69 Å². The smallest absolute Gasteiger partial charge is 0.278 e. The highest BCUT2D eigenvalue weighted by Crippen LogP contribution is 2.34. The van der Waals surface area contributed by atoms with Crippen LogP contribution in [0.2, 0.25) is 5.02 Å². The first kappa shape index (κ1) is 13.7. The minimum atomic E-state index is -0.568. The second kappa shape index (κ2) is 4.63. The summed E-state index contributed by atoms with van der Waals surface area (Å²) in [5, 5.41) is 0.384. The van der Waals surface area contributed by atoms with Crippen LogP contribution in [0, 0.1) is 0 Å². The molecule has 0 spiro atoms. The van der Waals surface area contributed by atoms with E-state index >= 15 is 0 Å². The predicted octanol–water partition coefficient (Wildman–Crippen LogP) is 2.54. The predicted molar refractivity (Wildman–Crippen MR) is 82.4 cm³/mol. The number of ether oxygens (including phenoxy) is 1. The van der Waals surface area contributed by atoms with Crippen molar-refractivity contribution in [3.8, 4) is 5.75 Å². The van der Waals surface area contributed by atoms with Gasteiger partial charge < -0.3 is 10.5 Å². The highest BCUT2D eigenvalue weighted by molar-refractivity contribution is 6.30. The van der Waals surface area contributed by atoms with Crippen molar-refractivity contribution >= 4 is 23.0 Å². The van der Waals surface area contributed by atoms with Crippen molar-refractivity contribution in [3.05, 3.63) is 57.7 Å². The van der Waals surface area contributed by atoms with Crippen LogP contribution >= 0.6 is 11.6 Å². The van der Waals surface area contributed by atoms with Gasteiger partial charge in [-0.1, -0.05) is 11.6 Å².